The second-order valence-corrected chi connectivity index (χ2v) is 15.1. The van der Waals surface area contributed by atoms with Crippen LogP contribution >= 0.6 is 11.3 Å². The van der Waals surface area contributed by atoms with Crippen LogP contribution in [0.25, 0.3) is 0 Å². The molecule has 2 aromatic rings. The summed E-state index contributed by atoms with van der Waals surface area (Å²) in [5.41, 5.74) is 14.2. The van der Waals surface area contributed by atoms with Crippen molar-refractivity contribution in [2.24, 2.45) is 21.6 Å². The summed E-state index contributed by atoms with van der Waals surface area (Å²) >= 11 is 0.946. The number of carbonyl (C=O) groups is 3. The predicted molar refractivity (Wildman–Crippen MR) is 179 cm³/mol. The van der Waals surface area contributed by atoms with Crippen LogP contribution in [-0.4, -0.2) is 115 Å². The topological polar surface area (TPSA) is 325 Å². The Kier molecular flexibility index (Phi) is 10.1. The van der Waals surface area contributed by atoms with E-state index in [4.69, 9.17) is 31.3 Å². The summed E-state index contributed by atoms with van der Waals surface area (Å²) in [5, 5.41) is 37.4. The van der Waals surface area contributed by atoms with Gasteiger partial charge in [-0.3, -0.25) is 19.1 Å². The number of hydrogen-bond acceptors (Lipinski definition) is 16. The molecule has 3 aliphatic rings. The number of aryl methyl sites for hydroxylation is 1. The highest BCUT2D eigenvalue weighted by atomic mass is 32.3. The lowest BCUT2D eigenvalue weighted by Crippen LogP contribution is -2.76. The fraction of sp³-hybridized carbons (Fsp3) is 0.517. The molecular formula is C29H38N8O12S2. The van der Waals surface area contributed by atoms with Crippen LogP contribution in [0.2, 0.25) is 0 Å². The van der Waals surface area contributed by atoms with Gasteiger partial charge in [-0.1, -0.05) is 5.16 Å². The molecule has 51 heavy (non-hydrogen) atoms. The zero-order valence-electron chi connectivity index (χ0n) is 27.5. The number of amides is 2. The number of nitrogens with two attached hydrogens (primary N) is 3. The molecular weight excluding hydrogens is 716 g/mol. The number of aliphatic imine (C=N–C) groups is 1. The number of aliphatic hydroxyl groups excluding tert-OH is 2. The monoisotopic (exact) mass is 754 g/mol. The van der Waals surface area contributed by atoms with Crippen molar-refractivity contribution in [2.45, 2.75) is 87.4 Å². The summed E-state index contributed by atoms with van der Waals surface area (Å²) in [4.78, 5) is 52.8. The van der Waals surface area contributed by atoms with Crippen molar-refractivity contribution >= 4 is 56.2 Å². The third kappa shape index (κ3) is 7.47. The van der Waals surface area contributed by atoms with Crippen LogP contribution in [0.5, 0.6) is 5.75 Å². The second-order valence-electron chi connectivity index (χ2n) is 13.2. The Labute approximate surface area is 295 Å². The standard InChI is InChI=1S/C29H38N8O12S2/c1-27(2)21(24(41)37(27)49-51(44,45)46)35-23(40)20(16-12-50-26(31)34-16)36-48-28(3,25(42)43)19-7-5-13-8-14(4-6-17(13)47-19)22(30)33-15-9-29(32,10-15)18(39)11-38/h4,6,8,12,15,18-19,21,38-39H,5,7,9-11,32H2,1-3H3,(H2,30,33)(H2,31,34)(H,35,40)(H,42,43)(H,44,45,46)/t15?,18-,19?,21?,28?,29?/m0/s1. The molecule has 2 amide bonds. The lowest BCUT2D eigenvalue weighted by Gasteiger charge is -2.50. The number of aliphatic hydroxyl groups is 2. The molecule has 3 heterocycles. The van der Waals surface area contributed by atoms with Gasteiger partial charge in [-0.05, 0) is 70.2 Å². The van der Waals surface area contributed by atoms with Gasteiger partial charge in [0.1, 0.15) is 23.3 Å². The number of aromatic nitrogens is 1. The normalized spacial score (nSPS) is 26.5. The van der Waals surface area contributed by atoms with Crippen molar-refractivity contribution in [3.8, 4) is 5.75 Å². The molecule has 1 aromatic carbocycles. The molecule has 1 aromatic heterocycles. The molecule has 2 fully saturated rings. The molecule has 0 radical (unpaired) electrons. The Balaban J connectivity index is 1.32. The van der Waals surface area contributed by atoms with E-state index in [2.05, 4.69) is 24.7 Å². The SMILES string of the molecule is CC(ON=C(C(=O)NC1C(=O)N(OS(=O)(=O)O)C1(C)C)c1csc(N)n1)(C(=O)O)C1CCc2cc(C(N)=NC3CC(N)([C@@H](O)CO)C3)ccc2O1. The minimum absolute atomic E-state index is 0.0391. The smallest absolute Gasteiger partial charge is 0.418 e. The number of carbonyl (C=O) groups excluding carboxylic acids is 2. The van der Waals surface area contributed by atoms with E-state index in [1.165, 1.54) is 26.2 Å². The molecule has 20 nitrogen and oxygen atoms in total. The molecule has 1 aliphatic carbocycles. The first-order chi connectivity index (χ1) is 23.7. The number of hydroxylamine groups is 2. The molecule has 1 saturated heterocycles. The highest BCUT2D eigenvalue weighted by Gasteiger charge is 2.58. The average Bonchev–Trinajstić information content (AvgIpc) is 3.48. The van der Waals surface area contributed by atoms with Gasteiger partial charge in [0.25, 0.3) is 17.4 Å². The van der Waals surface area contributed by atoms with Gasteiger partial charge < -0.3 is 47.4 Å². The van der Waals surface area contributed by atoms with E-state index >= 15 is 0 Å². The Morgan fingerprint density at radius 2 is 2.00 bits per heavy atom. The molecule has 4 atom stereocenters. The van der Waals surface area contributed by atoms with Crippen LogP contribution in [0.4, 0.5) is 5.13 Å². The maximum absolute atomic E-state index is 13.5. The minimum Gasteiger partial charge on any atom is -0.485 e. The van der Waals surface area contributed by atoms with Gasteiger partial charge in [0.2, 0.25) is 0 Å². The van der Waals surface area contributed by atoms with Gasteiger partial charge in [-0.15, -0.1) is 15.6 Å². The summed E-state index contributed by atoms with van der Waals surface area (Å²) in [6, 6.07) is 3.43. The molecule has 22 heteroatoms. The number of benzene rings is 1. The largest absolute Gasteiger partial charge is 0.485 e. The highest BCUT2D eigenvalue weighted by molar-refractivity contribution is 7.80. The van der Waals surface area contributed by atoms with Gasteiger partial charge in [0, 0.05) is 16.5 Å². The highest BCUT2D eigenvalue weighted by Crippen LogP contribution is 2.37. The van der Waals surface area contributed by atoms with Crippen molar-refractivity contribution < 1.29 is 56.5 Å². The Hall–Kier alpha value is -4.45. The summed E-state index contributed by atoms with van der Waals surface area (Å²) in [7, 11) is -5.04. The fourth-order valence-corrected chi connectivity index (χ4v) is 6.97. The average molecular weight is 755 g/mol. The van der Waals surface area contributed by atoms with Gasteiger partial charge in [0.15, 0.2) is 16.9 Å². The summed E-state index contributed by atoms with van der Waals surface area (Å²) in [5.74, 6) is -2.94. The summed E-state index contributed by atoms with van der Waals surface area (Å²) < 4.78 is 41.7. The van der Waals surface area contributed by atoms with Crippen molar-refractivity contribution in [2.75, 3.05) is 12.3 Å². The van der Waals surface area contributed by atoms with Crippen LogP contribution in [0.15, 0.2) is 33.7 Å². The van der Waals surface area contributed by atoms with E-state index in [1.807, 2.05) is 0 Å². The van der Waals surface area contributed by atoms with E-state index in [0.29, 0.717) is 41.2 Å². The molecule has 0 spiro atoms. The molecule has 11 N–H and O–H groups in total. The number of aliphatic carboxylic acids is 1. The fourth-order valence-electron chi connectivity index (χ4n) is 5.97. The third-order valence-electron chi connectivity index (χ3n) is 9.16. The van der Waals surface area contributed by atoms with Crippen molar-refractivity contribution in [1.82, 2.24) is 15.4 Å². The number of oxime groups is 1. The lowest BCUT2D eigenvalue weighted by molar-refractivity contribution is -0.218. The first-order valence-corrected chi connectivity index (χ1v) is 17.7. The quantitative estimate of drug-likeness (QED) is 0.0377. The van der Waals surface area contributed by atoms with Crippen LogP contribution < -0.4 is 27.3 Å². The number of carboxylic acid groups (broad SMARTS) is 1. The van der Waals surface area contributed by atoms with E-state index < -0.39 is 75.4 Å². The molecule has 5 rings (SSSR count). The van der Waals surface area contributed by atoms with Crippen molar-refractivity contribution in [1.29, 1.82) is 0 Å². The molecule has 278 valence electrons. The first kappa shape index (κ1) is 37.8. The van der Waals surface area contributed by atoms with Gasteiger partial charge >= 0.3 is 16.4 Å². The lowest BCUT2D eigenvalue weighted by atomic mass is 9.70. The maximum atomic E-state index is 13.5. The van der Waals surface area contributed by atoms with Crippen LogP contribution in [0, 0.1) is 0 Å². The Bertz CT molecular complexity index is 1890. The Morgan fingerprint density at radius 1 is 1.31 bits per heavy atom. The zero-order valence-corrected chi connectivity index (χ0v) is 29.2. The predicted octanol–water partition coefficient (Wildman–Crippen LogP) is -1.56. The van der Waals surface area contributed by atoms with E-state index in [9.17, 15) is 38.1 Å². The van der Waals surface area contributed by atoms with Gasteiger partial charge in [-0.25, -0.2) is 9.78 Å². The maximum Gasteiger partial charge on any atom is 0.418 e. The van der Waals surface area contributed by atoms with Crippen LogP contribution in [-0.2, 0) is 40.3 Å². The number of nitrogens with one attached hydrogen (secondary N) is 1. The van der Waals surface area contributed by atoms with Crippen LogP contribution in [0.3, 0.4) is 0 Å². The van der Waals surface area contributed by atoms with Crippen LogP contribution in [0.1, 0.15) is 56.9 Å². The number of fused-ring (bicyclic) bond motifs is 1. The number of nitrogen functional groups attached to an aromatic ring is 1. The number of amidine groups is 1. The molecule has 1 saturated carbocycles. The van der Waals surface area contributed by atoms with E-state index in [1.54, 1.807) is 18.2 Å². The number of hydrogen-bond donors (Lipinski definition) is 8. The number of nitrogens with zero attached hydrogens (tertiary/aromatic N) is 4. The van der Waals surface area contributed by atoms with Gasteiger partial charge in [0.05, 0.1) is 24.3 Å². The number of thiazole rings is 1. The first-order valence-electron chi connectivity index (χ1n) is 15.4. The van der Waals surface area contributed by atoms with Crippen molar-refractivity contribution in [3.63, 3.8) is 0 Å². The number of carboxylic acids is 1. The van der Waals surface area contributed by atoms with Crippen molar-refractivity contribution in [3.05, 3.63) is 40.4 Å². The summed E-state index contributed by atoms with van der Waals surface area (Å²) in [6.07, 6.45) is -0.995. The molecule has 2 aliphatic heterocycles. The number of rotatable bonds is 13. The molecule has 3 unspecified atom stereocenters. The second kappa shape index (κ2) is 13.6. The number of anilines is 1. The zero-order chi connectivity index (χ0) is 37.7. The molecule has 0 bridgehead atoms. The number of ether oxygens (including phenoxy) is 1. The minimum atomic E-state index is -5.04. The van der Waals surface area contributed by atoms with Gasteiger partial charge in [-0.2, -0.15) is 13.5 Å². The van der Waals surface area contributed by atoms with E-state index in [0.717, 1.165) is 11.3 Å². The summed E-state index contributed by atoms with van der Waals surface area (Å²) in [6.45, 7) is 3.47. The van der Waals surface area contributed by atoms with E-state index in [-0.39, 0.29) is 29.1 Å². The number of β-lactam (4-membered cyclic amide) rings is 1. The third-order valence-corrected chi connectivity index (χ3v) is 10.2. The Morgan fingerprint density at radius 3 is 2.57 bits per heavy atom.